The first-order valence-corrected chi connectivity index (χ1v) is 2.05. The van der Waals surface area contributed by atoms with Crippen LogP contribution in [0.5, 0.6) is 0 Å². The minimum atomic E-state index is -4.92. The summed E-state index contributed by atoms with van der Waals surface area (Å²) in [7, 11) is -4.92. The van der Waals surface area contributed by atoms with E-state index in [1.165, 1.54) is 0 Å². The third kappa shape index (κ3) is 215. The van der Waals surface area contributed by atoms with Gasteiger partial charge in [-0.3, -0.25) is 4.55 Å². The van der Waals surface area contributed by atoms with Crippen LogP contribution < -0.4 is 29.6 Å². The summed E-state index contributed by atoms with van der Waals surface area (Å²) in [4.78, 5) is 0. The van der Waals surface area contributed by atoms with Crippen LogP contribution in [0.3, 0.4) is 0 Å². The van der Waals surface area contributed by atoms with Crippen LogP contribution in [0.2, 0.25) is 0 Å². The van der Waals surface area contributed by atoms with Crippen LogP contribution in [0.4, 0.5) is 0 Å². The molecule has 0 heterocycles. The van der Waals surface area contributed by atoms with E-state index in [0.717, 1.165) is 0 Å². The zero-order chi connectivity index (χ0) is 4.50. The molecule has 0 fully saturated rings. The van der Waals surface area contributed by atoms with E-state index in [1.807, 2.05) is 0 Å². The molecule has 0 rings (SSSR count). The first kappa shape index (κ1) is 15.7. The third-order valence-electron chi connectivity index (χ3n) is 0. The van der Waals surface area contributed by atoms with Crippen molar-refractivity contribution >= 4 is 10.4 Å². The van der Waals surface area contributed by atoms with Crippen molar-refractivity contribution in [3.63, 3.8) is 0 Å². The molecule has 0 aromatic carbocycles. The van der Waals surface area contributed by atoms with Gasteiger partial charge in [0, 0.05) is 0 Å². The van der Waals surface area contributed by atoms with Crippen LogP contribution in [0.1, 0.15) is 7.43 Å². The van der Waals surface area contributed by atoms with Gasteiger partial charge < -0.3 is 4.55 Å². The fraction of sp³-hybridized carbons (Fsp3) is 1.00. The summed E-state index contributed by atoms with van der Waals surface area (Å²) in [5, 5.41) is 0. The van der Waals surface area contributed by atoms with E-state index in [-0.39, 0.29) is 37.0 Å². The molecule has 0 unspecified atom stereocenters. The molecule has 0 aromatic heterocycles. The summed E-state index contributed by atoms with van der Waals surface area (Å²) >= 11 is 0. The van der Waals surface area contributed by atoms with Crippen LogP contribution in [0, 0.1) is 0 Å². The summed E-state index contributed by atoms with van der Waals surface area (Å²) in [5.41, 5.74) is 0. The zero-order valence-corrected chi connectivity index (χ0v) is 5.90. The van der Waals surface area contributed by atoms with E-state index >= 15 is 0 Å². The predicted octanol–water partition coefficient (Wildman–Crippen LogP) is -3.36. The Labute approximate surface area is 64.8 Å². The normalized spacial score (nSPS) is 8.29. The summed E-state index contributed by atoms with van der Waals surface area (Å²) in [6, 6.07) is 0. The van der Waals surface area contributed by atoms with Crippen molar-refractivity contribution in [3.8, 4) is 0 Å². The molecule has 0 aliphatic carbocycles. The van der Waals surface area contributed by atoms with Crippen molar-refractivity contribution < 1.29 is 47.1 Å². The molecule has 0 saturated carbocycles. The molecular formula is CH5NaO4S. The number of hydrogen-bond acceptors (Lipinski definition) is 3. The Hall–Kier alpha value is 0.870. The maximum atomic E-state index is 8.63. The third-order valence-corrected chi connectivity index (χ3v) is 0. The quantitative estimate of drug-likeness (QED) is 0.214. The van der Waals surface area contributed by atoms with Crippen LogP contribution >= 0.6 is 0 Å². The second-order valence-electron chi connectivity index (χ2n) is 0.428. The van der Waals surface area contributed by atoms with Gasteiger partial charge in [0.2, 0.25) is 10.4 Å². The minimum absolute atomic E-state index is 0. The fourth-order valence-electron chi connectivity index (χ4n) is 0. The molecule has 40 valence electrons. The molecule has 0 aromatic rings. The Bertz CT molecular complexity index is 94.9. The molecule has 0 atom stereocenters. The van der Waals surface area contributed by atoms with Crippen LogP contribution in [-0.4, -0.2) is 17.5 Å². The largest absolute Gasteiger partial charge is 1.00 e. The van der Waals surface area contributed by atoms with Gasteiger partial charge in [-0.2, -0.15) is 0 Å². The Morgan fingerprint density at radius 3 is 1.43 bits per heavy atom. The smallest absolute Gasteiger partial charge is 0.726 e. The second kappa shape index (κ2) is 5.02. The van der Waals surface area contributed by atoms with E-state index < -0.39 is 10.4 Å². The topological polar surface area (TPSA) is 77.4 Å². The van der Waals surface area contributed by atoms with E-state index in [4.69, 9.17) is 17.5 Å². The molecule has 0 saturated heterocycles. The van der Waals surface area contributed by atoms with Gasteiger partial charge in [0.05, 0.1) is 0 Å². The van der Waals surface area contributed by atoms with Crippen LogP contribution in [0.25, 0.3) is 0 Å². The standard InChI is InChI=1S/CH4.Na.H2O4S/c;;1-5(2,3)4/h1H4;;(H2,1,2,3,4)/q;+1;/p-1. The molecule has 6 heteroatoms. The maximum absolute atomic E-state index is 8.63. The van der Waals surface area contributed by atoms with Gasteiger partial charge in [0.25, 0.3) is 0 Å². The summed E-state index contributed by atoms with van der Waals surface area (Å²) in [5.74, 6) is 0. The van der Waals surface area contributed by atoms with E-state index in [2.05, 4.69) is 0 Å². The Morgan fingerprint density at radius 2 is 1.43 bits per heavy atom. The molecule has 0 spiro atoms. The summed E-state index contributed by atoms with van der Waals surface area (Å²) < 4.78 is 32.8. The van der Waals surface area contributed by atoms with Gasteiger partial charge in [-0.1, -0.05) is 7.43 Å². The van der Waals surface area contributed by atoms with Gasteiger partial charge in [0.15, 0.2) is 0 Å². The molecule has 0 bridgehead atoms. The van der Waals surface area contributed by atoms with E-state index in [1.54, 1.807) is 0 Å². The fourth-order valence-corrected chi connectivity index (χ4v) is 0. The molecule has 0 aliphatic heterocycles. The molecule has 7 heavy (non-hydrogen) atoms. The van der Waals surface area contributed by atoms with Crippen LogP contribution in [-0.2, 0) is 10.4 Å². The molecule has 0 radical (unpaired) electrons. The van der Waals surface area contributed by atoms with Crippen LogP contribution in [0.15, 0.2) is 0 Å². The van der Waals surface area contributed by atoms with Crippen molar-refractivity contribution in [1.82, 2.24) is 0 Å². The SMILES string of the molecule is C.O=S(=O)([O-])O.[Na+]. The summed E-state index contributed by atoms with van der Waals surface area (Å²) in [6.07, 6.45) is 0. The predicted molar refractivity (Wildman–Crippen MR) is 19.1 cm³/mol. The van der Waals surface area contributed by atoms with Crippen molar-refractivity contribution in [3.05, 3.63) is 0 Å². The number of hydrogen-bond donors (Lipinski definition) is 1. The van der Waals surface area contributed by atoms with Crippen molar-refractivity contribution in [2.75, 3.05) is 0 Å². The molecule has 1 N–H and O–H groups in total. The Morgan fingerprint density at radius 1 is 1.43 bits per heavy atom. The second-order valence-corrected chi connectivity index (χ2v) is 1.28. The van der Waals surface area contributed by atoms with Gasteiger partial charge in [0.1, 0.15) is 0 Å². The van der Waals surface area contributed by atoms with Gasteiger partial charge >= 0.3 is 29.6 Å². The van der Waals surface area contributed by atoms with Crippen molar-refractivity contribution in [2.24, 2.45) is 0 Å². The molecule has 0 aliphatic rings. The average molecular weight is 136 g/mol. The number of rotatable bonds is 0. The monoisotopic (exact) mass is 136 g/mol. The van der Waals surface area contributed by atoms with Gasteiger partial charge in [-0.15, -0.1) is 0 Å². The van der Waals surface area contributed by atoms with E-state index in [0.29, 0.717) is 0 Å². The average Bonchev–Trinajstić information content (AvgIpc) is 0.722. The Kier molecular flexibility index (Phi) is 11.2. The van der Waals surface area contributed by atoms with Crippen molar-refractivity contribution in [1.29, 1.82) is 0 Å². The summed E-state index contributed by atoms with van der Waals surface area (Å²) in [6.45, 7) is 0. The van der Waals surface area contributed by atoms with Gasteiger partial charge in [-0.05, 0) is 0 Å². The molecular weight excluding hydrogens is 131 g/mol. The van der Waals surface area contributed by atoms with E-state index in [9.17, 15) is 0 Å². The first-order chi connectivity index (χ1) is 2.00. The molecule has 0 amide bonds. The zero-order valence-electron chi connectivity index (χ0n) is 3.08. The van der Waals surface area contributed by atoms with Crippen molar-refractivity contribution in [2.45, 2.75) is 7.43 Å². The minimum Gasteiger partial charge on any atom is -0.726 e. The van der Waals surface area contributed by atoms with Gasteiger partial charge in [-0.25, -0.2) is 8.42 Å². The maximum Gasteiger partial charge on any atom is 1.00 e. The Balaban J connectivity index is -0.0000000800. The molecule has 4 nitrogen and oxygen atoms in total. The first-order valence-electron chi connectivity index (χ1n) is 0.683.